The third kappa shape index (κ3) is 5.13. The fourth-order valence-electron chi connectivity index (χ4n) is 3.30. The lowest BCUT2D eigenvalue weighted by molar-refractivity contribution is -0.134. The molecule has 0 aliphatic carbocycles. The first-order chi connectivity index (χ1) is 13.5. The Bertz CT molecular complexity index is 830. The summed E-state index contributed by atoms with van der Waals surface area (Å²) in [6.07, 6.45) is 0.666. The number of benzene rings is 2. The second-order valence-corrected chi connectivity index (χ2v) is 6.78. The fourth-order valence-corrected chi connectivity index (χ4v) is 3.30. The van der Waals surface area contributed by atoms with Gasteiger partial charge in [0.15, 0.2) is 11.6 Å². The summed E-state index contributed by atoms with van der Waals surface area (Å²) < 4.78 is 27.4. The number of piperazine rings is 1. The van der Waals surface area contributed by atoms with Gasteiger partial charge in [-0.15, -0.1) is 0 Å². The first kappa shape index (κ1) is 19.9. The topological polar surface area (TPSA) is 61.4 Å². The predicted molar refractivity (Wildman–Crippen MR) is 101 cm³/mol. The molecule has 0 aromatic heterocycles. The summed E-state index contributed by atoms with van der Waals surface area (Å²) in [6.45, 7) is 1.40. The minimum absolute atomic E-state index is 0.0302. The number of halogens is 2. The second-order valence-electron chi connectivity index (χ2n) is 6.78. The van der Waals surface area contributed by atoms with E-state index in [2.05, 4.69) is 10.6 Å². The van der Waals surface area contributed by atoms with Crippen LogP contribution in [0.4, 0.5) is 8.78 Å². The summed E-state index contributed by atoms with van der Waals surface area (Å²) in [7, 11) is 0. The molecule has 1 fully saturated rings. The van der Waals surface area contributed by atoms with Crippen molar-refractivity contribution >= 4 is 11.8 Å². The largest absolute Gasteiger partial charge is 0.356 e. The molecule has 0 radical (unpaired) electrons. The Morgan fingerprint density at radius 1 is 1.14 bits per heavy atom. The van der Waals surface area contributed by atoms with E-state index in [4.69, 9.17) is 0 Å². The molecule has 1 heterocycles. The molecule has 0 unspecified atom stereocenters. The van der Waals surface area contributed by atoms with Gasteiger partial charge in [-0.25, -0.2) is 8.78 Å². The molecule has 2 amide bonds. The highest BCUT2D eigenvalue weighted by molar-refractivity contribution is 5.88. The Morgan fingerprint density at radius 2 is 1.93 bits per heavy atom. The molecule has 1 aliphatic heterocycles. The average Bonchev–Trinajstić information content (AvgIpc) is 2.69. The Labute approximate surface area is 162 Å². The van der Waals surface area contributed by atoms with Crippen LogP contribution in [-0.2, 0) is 22.6 Å². The van der Waals surface area contributed by atoms with Crippen molar-refractivity contribution in [2.75, 3.05) is 19.6 Å². The number of carbonyl (C=O) groups is 2. The first-order valence-electron chi connectivity index (χ1n) is 9.30. The Morgan fingerprint density at radius 3 is 2.71 bits per heavy atom. The van der Waals surface area contributed by atoms with E-state index in [1.54, 1.807) is 4.90 Å². The van der Waals surface area contributed by atoms with Crippen LogP contribution in [-0.4, -0.2) is 42.4 Å². The van der Waals surface area contributed by atoms with Crippen molar-refractivity contribution in [2.24, 2.45) is 0 Å². The van der Waals surface area contributed by atoms with E-state index in [0.717, 1.165) is 11.6 Å². The van der Waals surface area contributed by atoms with Crippen LogP contribution in [0.1, 0.15) is 17.5 Å². The van der Waals surface area contributed by atoms with Gasteiger partial charge >= 0.3 is 0 Å². The van der Waals surface area contributed by atoms with Crippen LogP contribution in [0.25, 0.3) is 0 Å². The van der Waals surface area contributed by atoms with Gasteiger partial charge in [-0.1, -0.05) is 42.5 Å². The van der Waals surface area contributed by atoms with Crippen molar-refractivity contribution in [2.45, 2.75) is 25.4 Å². The maximum Gasteiger partial charge on any atom is 0.237 e. The van der Waals surface area contributed by atoms with Crippen LogP contribution in [0.15, 0.2) is 48.5 Å². The summed E-state index contributed by atoms with van der Waals surface area (Å²) in [5.41, 5.74) is 1.28. The minimum Gasteiger partial charge on any atom is -0.356 e. The van der Waals surface area contributed by atoms with Crippen molar-refractivity contribution in [1.82, 2.24) is 15.5 Å². The Kier molecular flexibility index (Phi) is 6.71. The second kappa shape index (κ2) is 9.41. The van der Waals surface area contributed by atoms with Gasteiger partial charge in [-0.05, 0) is 18.1 Å². The smallest absolute Gasteiger partial charge is 0.237 e. The first-order valence-corrected chi connectivity index (χ1v) is 9.30. The monoisotopic (exact) mass is 387 g/mol. The van der Waals surface area contributed by atoms with Crippen molar-refractivity contribution in [3.05, 3.63) is 71.3 Å². The zero-order chi connectivity index (χ0) is 19.9. The zero-order valence-electron chi connectivity index (χ0n) is 15.5. The van der Waals surface area contributed by atoms with E-state index in [1.165, 1.54) is 12.1 Å². The molecule has 1 saturated heterocycles. The molecular weight excluding hydrogens is 364 g/mol. The van der Waals surface area contributed by atoms with Crippen LogP contribution < -0.4 is 10.6 Å². The number of rotatable bonds is 7. The van der Waals surface area contributed by atoms with Gasteiger partial charge in [0.1, 0.15) is 0 Å². The van der Waals surface area contributed by atoms with Gasteiger partial charge in [0.05, 0.1) is 12.5 Å². The summed E-state index contributed by atoms with van der Waals surface area (Å²) in [5, 5.41) is 5.56. The number of nitrogens with one attached hydrogen (secondary N) is 2. The third-order valence-electron chi connectivity index (χ3n) is 4.80. The van der Waals surface area contributed by atoms with Crippen molar-refractivity contribution in [1.29, 1.82) is 0 Å². The molecule has 2 aromatic rings. The molecule has 148 valence electrons. The van der Waals surface area contributed by atoms with Crippen molar-refractivity contribution in [3.8, 4) is 0 Å². The molecule has 1 atom stereocenters. The van der Waals surface area contributed by atoms with Crippen LogP contribution in [0.3, 0.4) is 0 Å². The van der Waals surface area contributed by atoms with Crippen molar-refractivity contribution < 1.29 is 18.4 Å². The molecule has 0 saturated carbocycles. The summed E-state index contributed by atoms with van der Waals surface area (Å²) in [5.74, 6) is -2.36. The van der Waals surface area contributed by atoms with Crippen LogP contribution >= 0.6 is 0 Å². The van der Waals surface area contributed by atoms with Crippen LogP contribution in [0.5, 0.6) is 0 Å². The van der Waals surface area contributed by atoms with E-state index in [1.807, 2.05) is 30.3 Å². The van der Waals surface area contributed by atoms with E-state index >= 15 is 0 Å². The highest BCUT2D eigenvalue weighted by Crippen LogP contribution is 2.18. The molecule has 28 heavy (non-hydrogen) atoms. The molecule has 2 N–H and O–H groups in total. The normalized spacial score (nSPS) is 17.2. The third-order valence-corrected chi connectivity index (χ3v) is 4.80. The number of amides is 2. The van der Waals surface area contributed by atoms with Gasteiger partial charge in [-0.2, -0.15) is 0 Å². The van der Waals surface area contributed by atoms with Gasteiger partial charge in [-0.3, -0.25) is 14.5 Å². The molecule has 0 spiro atoms. The molecule has 7 heteroatoms. The standard InChI is InChI=1S/C21H23F2N3O2/c22-17-8-4-7-16(20(17)23)14-26-12-11-25-21(28)18(26)13-19(27)24-10-9-15-5-2-1-3-6-15/h1-8,18H,9-14H2,(H,24,27)(H,25,28)/t18-/m0/s1. The van der Waals surface area contributed by atoms with Crippen molar-refractivity contribution in [3.63, 3.8) is 0 Å². The molecule has 5 nitrogen and oxygen atoms in total. The molecule has 2 aromatic carbocycles. The highest BCUT2D eigenvalue weighted by Gasteiger charge is 2.32. The zero-order valence-corrected chi connectivity index (χ0v) is 15.5. The molecule has 0 bridgehead atoms. The van der Waals surface area contributed by atoms with E-state index in [0.29, 0.717) is 26.1 Å². The average molecular weight is 387 g/mol. The SMILES string of the molecule is O=C(C[C@H]1C(=O)NCCN1Cc1cccc(F)c1F)NCCc1ccccc1. The maximum atomic E-state index is 14.0. The van der Waals surface area contributed by atoms with E-state index in [9.17, 15) is 18.4 Å². The van der Waals surface area contributed by atoms with E-state index < -0.39 is 17.7 Å². The Hall–Kier alpha value is -2.80. The lowest BCUT2D eigenvalue weighted by Crippen LogP contribution is -2.56. The van der Waals surface area contributed by atoms with Gasteiger partial charge in [0.2, 0.25) is 11.8 Å². The van der Waals surface area contributed by atoms with Gasteiger partial charge in [0.25, 0.3) is 0 Å². The van der Waals surface area contributed by atoms with Gasteiger partial charge < -0.3 is 10.6 Å². The summed E-state index contributed by atoms with van der Waals surface area (Å²) in [6, 6.07) is 13.0. The quantitative estimate of drug-likeness (QED) is 0.764. The number of hydrogen-bond donors (Lipinski definition) is 2. The minimum atomic E-state index is -0.922. The van der Waals surface area contributed by atoms with Crippen LogP contribution in [0, 0.1) is 11.6 Å². The number of carbonyl (C=O) groups excluding carboxylic acids is 2. The highest BCUT2D eigenvalue weighted by atomic mass is 19.2. The molecular formula is C21H23F2N3O2. The Balaban J connectivity index is 1.58. The number of hydrogen-bond acceptors (Lipinski definition) is 3. The predicted octanol–water partition coefficient (Wildman–Crippen LogP) is 2.01. The molecule has 1 aliphatic rings. The lowest BCUT2D eigenvalue weighted by atomic mass is 10.1. The summed E-state index contributed by atoms with van der Waals surface area (Å²) >= 11 is 0. The van der Waals surface area contributed by atoms with Crippen LogP contribution in [0.2, 0.25) is 0 Å². The summed E-state index contributed by atoms with van der Waals surface area (Å²) in [4.78, 5) is 26.3. The lowest BCUT2D eigenvalue weighted by Gasteiger charge is -2.34. The fraction of sp³-hybridized carbons (Fsp3) is 0.333. The molecule has 3 rings (SSSR count). The van der Waals surface area contributed by atoms with Gasteiger partial charge in [0, 0.05) is 31.7 Å². The van der Waals surface area contributed by atoms with E-state index in [-0.39, 0.29) is 30.3 Å². The maximum absolute atomic E-state index is 14.0. The number of nitrogens with zero attached hydrogens (tertiary/aromatic N) is 1.